The summed E-state index contributed by atoms with van der Waals surface area (Å²) in [5, 5.41) is 15.1. The number of phosphoric acid groups is 3. The lowest BCUT2D eigenvalue weighted by Crippen LogP contribution is -2.38. The van der Waals surface area contributed by atoms with E-state index in [-0.39, 0.29) is 135 Å². The van der Waals surface area contributed by atoms with Gasteiger partial charge in [-0.15, -0.1) is 0 Å². The summed E-state index contributed by atoms with van der Waals surface area (Å²) in [4.78, 5) is 56.5. The van der Waals surface area contributed by atoms with Crippen molar-refractivity contribution < 1.29 is 141 Å². The second-order valence-corrected chi connectivity index (χ2v) is 28.1. The molecule has 0 aromatic heterocycles. The largest absolute Gasteiger partial charge is 0.472 e. The Hall–Kier alpha value is -0.315. The first-order valence-electron chi connectivity index (χ1n) is 31.0. The molecule has 4 saturated heterocycles. The summed E-state index contributed by atoms with van der Waals surface area (Å²) >= 11 is 2.47. The number of ketones is 1. The van der Waals surface area contributed by atoms with E-state index in [4.69, 9.17) is 122 Å². The third-order valence-electron chi connectivity index (χ3n) is 13.8. The van der Waals surface area contributed by atoms with Crippen LogP contribution >= 0.6 is 47.0 Å². The van der Waals surface area contributed by atoms with Gasteiger partial charge in [0.05, 0.1) is 188 Å². The molecule has 1 amide bonds. The van der Waals surface area contributed by atoms with E-state index in [1.54, 1.807) is 6.92 Å². The van der Waals surface area contributed by atoms with Crippen LogP contribution in [0.15, 0.2) is 0 Å². The molecule has 40 heteroatoms. The van der Waals surface area contributed by atoms with Crippen molar-refractivity contribution in [1.29, 1.82) is 0 Å². The molecule has 0 saturated carbocycles. The monoisotopic (exact) mass is 1430 g/mol. The molecule has 4 rings (SSSR count). The minimum absolute atomic E-state index is 0.0499. The number of nitrogens with one attached hydrogen (secondary N) is 2. The zero-order valence-electron chi connectivity index (χ0n) is 53.7. The van der Waals surface area contributed by atoms with Crippen LogP contribution in [0.2, 0.25) is 0 Å². The number of phosphoric ester groups is 3. The van der Waals surface area contributed by atoms with Crippen molar-refractivity contribution in [3.05, 3.63) is 0 Å². The number of thioether (sulfide) groups is 2. The second-order valence-electron chi connectivity index (χ2n) is 21.4. The summed E-state index contributed by atoms with van der Waals surface area (Å²) in [6, 6.07) is -3.73. The van der Waals surface area contributed by atoms with Gasteiger partial charge >= 0.3 is 23.5 Å². The van der Waals surface area contributed by atoms with E-state index in [2.05, 4.69) is 10.6 Å². The van der Waals surface area contributed by atoms with Crippen LogP contribution < -0.4 is 10.6 Å². The number of aliphatic hydroxyl groups excluding tert-OH is 1. The molecule has 32 nitrogen and oxygen atoms in total. The van der Waals surface area contributed by atoms with E-state index in [9.17, 15) is 43.1 Å². The van der Waals surface area contributed by atoms with Crippen molar-refractivity contribution >= 4 is 82.2 Å². The van der Waals surface area contributed by atoms with Gasteiger partial charge in [-0.1, -0.05) is 6.92 Å². The fourth-order valence-corrected chi connectivity index (χ4v) is 14.5. The van der Waals surface area contributed by atoms with Gasteiger partial charge in [0.25, 0.3) is 0 Å². The van der Waals surface area contributed by atoms with Gasteiger partial charge in [-0.3, -0.25) is 36.7 Å². The Morgan fingerprint density at radius 2 is 1.12 bits per heavy atom. The van der Waals surface area contributed by atoms with Gasteiger partial charge in [0.1, 0.15) is 65.9 Å². The molecule has 6 radical (unpaired) electrons. The van der Waals surface area contributed by atoms with Crippen LogP contribution in [0.4, 0.5) is 0 Å². The fraction of sp³-hybridized carbons (Fsp3) is 0.962. The molecule has 4 aliphatic heterocycles. The van der Waals surface area contributed by atoms with Crippen LogP contribution in [-0.2, 0) is 121 Å². The van der Waals surface area contributed by atoms with Crippen LogP contribution in [0, 0.1) is 11.8 Å². The summed E-state index contributed by atoms with van der Waals surface area (Å²) in [6.07, 6.45) is -9.17. The van der Waals surface area contributed by atoms with Gasteiger partial charge in [-0.2, -0.15) is 23.5 Å². The Morgan fingerprint density at radius 1 is 0.645 bits per heavy atom. The molecular formula is C53H98B3N2O30P3S2. The van der Waals surface area contributed by atoms with E-state index in [0.29, 0.717) is 84.7 Å². The molecule has 4 fully saturated rings. The highest BCUT2D eigenvalue weighted by Gasteiger charge is 2.51. The average molecular weight is 1430 g/mol. The van der Waals surface area contributed by atoms with E-state index in [1.165, 1.54) is 30.4 Å². The van der Waals surface area contributed by atoms with Gasteiger partial charge in [-0.05, 0) is 20.4 Å². The summed E-state index contributed by atoms with van der Waals surface area (Å²) < 4.78 is 158. The highest BCUT2D eigenvalue weighted by atomic mass is 32.2. The number of ether oxygens (including phenoxy) is 15. The van der Waals surface area contributed by atoms with Crippen LogP contribution in [0.3, 0.4) is 0 Å². The molecule has 0 aliphatic carbocycles. The first-order chi connectivity index (χ1) is 44.7. The van der Waals surface area contributed by atoms with E-state index in [0.717, 1.165) is 13.7 Å². The number of hydrogen-bond donors (Lipinski definition) is 6. The lowest BCUT2D eigenvalue weighted by molar-refractivity contribution is -0.122. The summed E-state index contributed by atoms with van der Waals surface area (Å²) in [5.41, 5.74) is 0. The zero-order valence-corrected chi connectivity index (χ0v) is 58.0. The number of Topliss-reactive ketones (excluding diaryl/α,β-unsaturated/α-hetero) is 1. The number of carbonyl (C=O) groups excluding carboxylic acids is 2. The first kappa shape index (κ1) is 85.1. The Kier molecular flexibility index (Phi) is 45.1. The van der Waals surface area contributed by atoms with Gasteiger partial charge in [0, 0.05) is 74.4 Å². The van der Waals surface area contributed by atoms with Crippen LogP contribution in [0.1, 0.15) is 33.1 Å². The molecule has 2 bridgehead atoms. The summed E-state index contributed by atoms with van der Waals surface area (Å²) in [6.45, 7) is 9.08. The minimum Gasteiger partial charge on any atom is -0.388 e. The Balaban J connectivity index is 1.43. The maximum absolute atomic E-state index is 13.8. The van der Waals surface area contributed by atoms with Crippen LogP contribution in [0.5, 0.6) is 0 Å². The van der Waals surface area contributed by atoms with E-state index < -0.39 is 108 Å². The SMILES string of the molecule is [B][C@@H]1O[C@@H]2COP(=O)(O)OC3[C@@H](CC)O[C@@H]([B])[C@H]3SCC(COCCOCCOCCOCCC(C)=O)COCCOCCC(=O)NCCOCCOCC(COCCOCCOCCOCCNC)CS[C@H]3C(OP(=O)(O)OC)[C@@H](COP(=O)(O)OC2[C@@H]1O)O[C@H]3[B]. The molecule has 0 aromatic rings. The molecule has 8 unspecified atom stereocenters. The Bertz CT molecular complexity index is 2150. The molecular weight excluding hydrogens is 1330 g/mol. The molecule has 0 aromatic carbocycles. The Morgan fingerprint density at radius 3 is 1.66 bits per heavy atom. The third kappa shape index (κ3) is 36.7. The summed E-state index contributed by atoms with van der Waals surface area (Å²) in [7, 11) is 6.50. The standard InChI is InChI=1S/C53H98B3N2O30P3S2/c1-5-41-47-49(52(55)83-41)92-36-39(32-79-28-24-75-20-18-73-16-14-69-10-6-38(2)59)30-77-26-22-70-11-7-44(60)58-9-13-72-23-27-78-31-40(33-80-29-25-76-21-19-74-17-15-71-12-8-57-3)37-93-50-48(87-89(62,63)68-4)43(85-53(50)56)35-82-90(64,65)86-46-42(84-51(54)45(46)61)34-81-91(66,67)88-47/h39-43,45-53,57,61H,5-37H2,1-4H3,(H,58,60)(H,62,63)(H,64,65)(H,66,67)/t39?,40?,41-,42-,43-,45+,46?,47?,48?,49+,50+,51-,52-,53-/m1/s1. The van der Waals surface area contributed by atoms with Crippen molar-refractivity contribution in [3.63, 3.8) is 0 Å². The highest BCUT2D eigenvalue weighted by molar-refractivity contribution is 8.00. The number of fused-ring (bicyclic) bond motifs is 4. The van der Waals surface area contributed by atoms with Gasteiger partial charge in [-0.25, -0.2) is 13.7 Å². The van der Waals surface area contributed by atoms with Crippen molar-refractivity contribution in [2.24, 2.45) is 11.8 Å². The topological polar surface area (TPSA) is 384 Å². The fourth-order valence-electron chi connectivity index (χ4n) is 8.99. The molecule has 0 spiro atoms. The van der Waals surface area contributed by atoms with Crippen molar-refractivity contribution in [2.75, 3.05) is 211 Å². The quantitative estimate of drug-likeness (QED) is 0.0292. The predicted octanol–water partition coefficient (Wildman–Crippen LogP) is -0.0725. The zero-order chi connectivity index (χ0) is 67.7. The molecule has 4 aliphatic rings. The van der Waals surface area contributed by atoms with E-state index >= 15 is 0 Å². The van der Waals surface area contributed by atoms with Crippen LogP contribution in [0.25, 0.3) is 0 Å². The predicted molar refractivity (Wildman–Crippen MR) is 339 cm³/mol. The van der Waals surface area contributed by atoms with Gasteiger partial charge in [0.15, 0.2) is 0 Å². The maximum atomic E-state index is 13.8. The lowest BCUT2D eigenvalue weighted by Gasteiger charge is -2.28. The maximum Gasteiger partial charge on any atom is 0.472 e. The third-order valence-corrected chi connectivity index (χ3v) is 20.0. The average Bonchev–Trinajstić information content (AvgIpc) is 1.70. The molecule has 17 atom stereocenters. The smallest absolute Gasteiger partial charge is 0.388 e. The molecule has 536 valence electrons. The second kappa shape index (κ2) is 49.3. The first-order valence-corrected chi connectivity index (χ1v) is 37.6. The number of hydrogen-bond acceptors (Lipinski definition) is 30. The number of carbonyl (C=O) groups is 2. The van der Waals surface area contributed by atoms with Crippen LogP contribution in [-0.4, -0.2) is 337 Å². The van der Waals surface area contributed by atoms with Gasteiger partial charge < -0.3 is 101 Å². The number of rotatable bonds is 32. The van der Waals surface area contributed by atoms with Gasteiger partial charge in [0.2, 0.25) is 5.91 Å². The lowest BCUT2D eigenvalue weighted by atomic mass is 9.93. The highest BCUT2D eigenvalue weighted by Crippen LogP contribution is 2.53. The number of likely N-dealkylation sites (N-methyl/N-ethyl adjacent to an activating group) is 1. The summed E-state index contributed by atoms with van der Waals surface area (Å²) in [5.74, 6) is -0.216. The number of amides is 1. The minimum atomic E-state index is -5.30. The van der Waals surface area contributed by atoms with Crippen molar-refractivity contribution in [3.8, 4) is 0 Å². The normalized spacial score (nSPS) is 33.4. The molecule has 93 heavy (non-hydrogen) atoms. The molecule has 6 N–H and O–H groups in total. The Labute approximate surface area is 558 Å². The van der Waals surface area contributed by atoms with Crippen molar-refractivity contribution in [1.82, 2.24) is 10.6 Å². The molecule has 4 heterocycles. The van der Waals surface area contributed by atoms with E-state index in [1.807, 2.05) is 7.05 Å². The van der Waals surface area contributed by atoms with Crippen molar-refractivity contribution in [2.45, 2.75) is 104 Å². The number of aliphatic hydroxyl groups is 1.